The maximum atomic E-state index is 6.70. The first-order valence-corrected chi connectivity index (χ1v) is 16.7. The topological polar surface area (TPSA) is 67.7 Å². The third-order valence-corrected chi connectivity index (χ3v) is 9.65. The van der Waals surface area contributed by atoms with Gasteiger partial charge in [-0.1, -0.05) is 72.9 Å². The summed E-state index contributed by atoms with van der Waals surface area (Å²) in [5, 5.41) is 3.43. The van der Waals surface area contributed by atoms with Gasteiger partial charge in [0.15, 0.2) is 17.2 Å². The second-order valence-electron chi connectivity index (χ2n) is 12.8. The first kappa shape index (κ1) is 28.0. The van der Waals surface area contributed by atoms with E-state index in [9.17, 15) is 0 Å². The average Bonchev–Trinajstić information content (AvgIpc) is 3.12. The summed E-state index contributed by atoms with van der Waals surface area (Å²) in [7, 11) is 0. The summed E-state index contributed by atoms with van der Waals surface area (Å²) in [6, 6.07) is 12.7. The molecule has 0 radical (unpaired) electrons. The van der Waals surface area contributed by atoms with Crippen LogP contribution < -0.4 is 24.4 Å². The third kappa shape index (κ3) is 4.89. The Balaban J connectivity index is 1.11. The summed E-state index contributed by atoms with van der Waals surface area (Å²) in [6.07, 6.45) is 30.6. The number of benzene rings is 2. The standard InChI is InChI=1S/C40H36N4O3/c1-40(28-16-6-3-7-17-28)42-38(26-14-4-2-5-15-26)41-39(43-40)47-32-21-11-8-18-29(32)27-24-35-37-36(25-27)46-34-23-13-10-20-31(34)44(37)30-19-9-12-22-33(30)45-35/h3-4,6-8,11-12,14-16,18,20-25,28H,2,5,9-10,13,17,19H2,1H3,(H,41,42,43). The Labute approximate surface area is 275 Å². The lowest BCUT2D eigenvalue weighted by atomic mass is 9.88. The van der Waals surface area contributed by atoms with E-state index in [1.165, 1.54) is 5.70 Å². The summed E-state index contributed by atoms with van der Waals surface area (Å²) < 4.78 is 19.9. The summed E-state index contributed by atoms with van der Waals surface area (Å²) in [5.74, 6) is 4.92. The number of allylic oxidation sites excluding steroid dienone is 10. The Bertz CT molecular complexity index is 2000. The molecule has 7 nitrogen and oxygen atoms in total. The van der Waals surface area contributed by atoms with E-state index >= 15 is 0 Å². The smallest absolute Gasteiger partial charge is 0.298 e. The minimum absolute atomic E-state index is 0.110. The minimum atomic E-state index is -0.725. The largest absolute Gasteiger partial charge is 0.453 e. The molecule has 2 atom stereocenters. The molecular formula is C40H36N4O3. The van der Waals surface area contributed by atoms with Gasteiger partial charge in [0.1, 0.15) is 28.8 Å². The number of rotatable bonds is 4. The van der Waals surface area contributed by atoms with Crippen LogP contribution in [0.2, 0.25) is 0 Å². The number of nitrogens with zero attached hydrogens (tertiary/aromatic N) is 3. The first-order chi connectivity index (χ1) is 23.1. The zero-order chi connectivity index (χ0) is 31.4. The lowest BCUT2D eigenvalue weighted by Crippen LogP contribution is -2.46. The highest BCUT2D eigenvalue weighted by molar-refractivity contribution is 6.10. The second kappa shape index (κ2) is 11.2. The lowest BCUT2D eigenvalue weighted by Gasteiger charge is -2.42. The highest BCUT2D eigenvalue weighted by Crippen LogP contribution is 2.55. The van der Waals surface area contributed by atoms with Crippen molar-refractivity contribution in [3.05, 3.63) is 132 Å². The minimum Gasteiger partial charge on any atom is -0.453 e. The van der Waals surface area contributed by atoms with E-state index in [1.54, 1.807) is 0 Å². The number of para-hydroxylation sites is 1. The molecule has 2 aromatic rings. The van der Waals surface area contributed by atoms with Gasteiger partial charge in [-0.05, 0) is 87.8 Å². The number of nitrogens with one attached hydrogen (secondary N) is 1. The fraction of sp³-hybridized carbons (Fsp3) is 0.250. The number of hydrogen-bond donors (Lipinski definition) is 1. The third-order valence-electron chi connectivity index (χ3n) is 9.65. The molecule has 3 aliphatic heterocycles. The van der Waals surface area contributed by atoms with Gasteiger partial charge in [-0.25, -0.2) is 9.98 Å². The van der Waals surface area contributed by atoms with Crippen molar-refractivity contribution in [2.45, 2.75) is 57.5 Å². The van der Waals surface area contributed by atoms with Crippen molar-refractivity contribution < 1.29 is 14.2 Å². The zero-order valence-electron chi connectivity index (χ0n) is 26.4. The molecule has 0 saturated carbocycles. The molecule has 1 N–H and O–H groups in total. The van der Waals surface area contributed by atoms with Crippen LogP contribution in [-0.2, 0) is 0 Å². The van der Waals surface area contributed by atoms with E-state index in [1.807, 2.05) is 18.2 Å². The Morgan fingerprint density at radius 2 is 1.74 bits per heavy atom. The van der Waals surface area contributed by atoms with Crippen LogP contribution in [0.25, 0.3) is 11.1 Å². The maximum Gasteiger partial charge on any atom is 0.298 e. The van der Waals surface area contributed by atoms with E-state index in [0.29, 0.717) is 11.8 Å². The molecule has 4 aliphatic carbocycles. The molecule has 0 spiro atoms. The van der Waals surface area contributed by atoms with Crippen LogP contribution in [0.3, 0.4) is 0 Å². The van der Waals surface area contributed by atoms with Crippen molar-refractivity contribution in [3.63, 3.8) is 0 Å². The predicted octanol–water partition coefficient (Wildman–Crippen LogP) is 8.93. The summed E-state index contributed by atoms with van der Waals surface area (Å²) >= 11 is 0. The second-order valence-corrected chi connectivity index (χ2v) is 12.8. The van der Waals surface area contributed by atoms with Gasteiger partial charge >= 0.3 is 0 Å². The number of hydrogen-bond acceptors (Lipinski definition) is 7. The van der Waals surface area contributed by atoms with Gasteiger partial charge in [0.2, 0.25) is 0 Å². The van der Waals surface area contributed by atoms with Crippen molar-refractivity contribution in [1.29, 1.82) is 0 Å². The molecule has 7 aliphatic rings. The van der Waals surface area contributed by atoms with Crippen LogP contribution in [0.4, 0.5) is 5.69 Å². The number of anilines is 1. The van der Waals surface area contributed by atoms with Gasteiger partial charge in [0.05, 0.1) is 11.4 Å². The fourth-order valence-corrected chi connectivity index (χ4v) is 7.27. The van der Waals surface area contributed by atoms with Crippen molar-refractivity contribution in [1.82, 2.24) is 5.32 Å². The highest BCUT2D eigenvalue weighted by atomic mass is 16.5. The molecule has 47 heavy (non-hydrogen) atoms. The Morgan fingerprint density at radius 3 is 2.62 bits per heavy atom. The van der Waals surface area contributed by atoms with Crippen LogP contribution in [-0.4, -0.2) is 17.5 Å². The van der Waals surface area contributed by atoms with Gasteiger partial charge < -0.3 is 19.1 Å². The van der Waals surface area contributed by atoms with E-state index in [4.69, 9.17) is 24.2 Å². The van der Waals surface area contributed by atoms with E-state index < -0.39 is 5.66 Å². The summed E-state index contributed by atoms with van der Waals surface area (Å²) in [6.45, 7) is 2.09. The number of aliphatic imine (C=N–C) groups is 2. The maximum absolute atomic E-state index is 6.70. The number of amidine groups is 2. The predicted molar refractivity (Wildman–Crippen MR) is 186 cm³/mol. The molecule has 0 fully saturated rings. The molecule has 9 rings (SSSR count). The summed E-state index contributed by atoms with van der Waals surface area (Å²) in [4.78, 5) is 12.6. The van der Waals surface area contributed by atoms with Crippen molar-refractivity contribution in [3.8, 4) is 28.4 Å². The Morgan fingerprint density at radius 1 is 0.894 bits per heavy atom. The number of ether oxygens (including phenoxy) is 3. The average molecular weight is 621 g/mol. The molecule has 0 bridgehead atoms. The quantitative estimate of drug-likeness (QED) is 0.370. The first-order valence-electron chi connectivity index (χ1n) is 16.7. The molecule has 2 aromatic carbocycles. The van der Waals surface area contributed by atoms with Crippen molar-refractivity contribution in [2.75, 3.05) is 4.90 Å². The van der Waals surface area contributed by atoms with Crippen LogP contribution in [0.15, 0.2) is 142 Å². The van der Waals surface area contributed by atoms with Crippen LogP contribution >= 0.6 is 0 Å². The normalized spacial score (nSPS) is 25.1. The lowest BCUT2D eigenvalue weighted by molar-refractivity contribution is 0.350. The summed E-state index contributed by atoms with van der Waals surface area (Å²) in [5.41, 5.74) is 5.45. The molecule has 2 unspecified atom stereocenters. The molecule has 7 heteroatoms. The van der Waals surface area contributed by atoms with Crippen LogP contribution in [0.5, 0.6) is 17.2 Å². The van der Waals surface area contributed by atoms with E-state index in [-0.39, 0.29) is 5.92 Å². The fourth-order valence-electron chi connectivity index (χ4n) is 7.27. The van der Waals surface area contributed by atoms with Gasteiger partial charge in [-0.2, -0.15) is 0 Å². The van der Waals surface area contributed by atoms with Crippen LogP contribution in [0, 0.1) is 5.92 Å². The highest BCUT2D eigenvalue weighted by Gasteiger charge is 2.40. The zero-order valence-corrected chi connectivity index (χ0v) is 26.4. The Hall–Kier alpha value is -5.30. The van der Waals surface area contributed by atoms with Gasteiger partial charge in [0, 0.05) is 17.1 Å². The van der Waals surface area contributed by atoms with Gasteiger partial charge in [-0.3, -0.25) is 5.32 Å². The number of fused-ring (bicyclic) bond motifs is 3. The van der Waals surface area contributed by atoms with Crippen molar-refractivity contribution in [2.24, 2.45) is 15.9 Å². The molecule has 0 aromatic heterocycles. The molecule has 234 valence electrons. The monoisotopic (exact) mass is 620 g/mol. The van der Waals surface area contributed by atoms with E-state index in [0.717, 1.165) is 102 Å². The molecule has 3 heterocycles. The van der Waals surface area contributed by atoms with E-state index in [2.05, 4.69) is 102 Å². The van der Waals surface area contributed by atoms with Gasteiger partial charge in [-0.15, -0.1) is 0 Å². The molecule has 0 amide bonds. The molecule has 0 saturated heterocycles. The molecular weight excluding hydrogens is 584 g/mol. The van der Waals surface area contributed by atoms with Crippen molar-refractivity contribution >= 4 is 17.5 Å². The SMILES string of the molecule is CC1(C2C=CC=CC2)N=C(Oc2ccccc2-c2cc3c4c(c2)OC2=C(CCC=C2)N4C2=CCCC=C2O3)NC(C2=CCCC=C2)=N1. The Kier molecular flexibility index (Phi) is 6.66. The van der Waals surface area contributed by atoms with Crippen LogP contribution in [0.1, 0.15) is 51.9 Å². The van der Waals surface area contributed by atoms with Gasteiger partial charge in [0.25, 0.3) is 6.02 Å².